The van der Waals surface area contributed by atoms with E-state index in [1.54, 1.807) is 20.0 Å². The third-order valence-electron chi connectivity index (χ3n) is 7.83. The van der Waals surface area contributed by atoms with E-state index in [0.29, 0.717) is 12.1 Å². The van der Waals surface area contributed by atoms with Crippen LogP contribution in [-0.4, -0.2) is 74.8 Å². The van der Waals surface area contributed by atoms with Crippen LogP contribution in [0.25, 0.3) is 10.4 Å². The van der Waals surface area contributed by atoms with Crippen molar-refractivity contribution in [3.05, 3.63) is 64.6 Å². The van der Waals surface area contributed by atoms with Crippen LogP contribution in [0.2, 0.25) is 0 Å². The van der Waals surface area contributed by atoms with Crippen LogP contribution in [0.4, 0.5) is 0 Å². The van der Waals surface area contributed by atoms with Crippen LogP contribution in [0.3, 0.4) is 0 Å². The molecule has 1 aromatic heterocycles. The lowest BCUT2D eigenvalue weighted by atomic mass is 9.83. The number of rotatable bonds is 16. The van der Waals surface area contributed by atoms with Gasteiger partial charge >= 0.3 is 0 Å². The van der Waals surface area contributed by atoms with Gasteiger partial charge < -0.3 is 31.1 Å². The van der Waals surface area contributed by atoms with Gasteiger partial charge in [-0.2, -0.15) is 0 Å². The van der Waals surface area contributed by atoms with Crippen LogP contribution in [0.5, 0.6) is 0 Å². The Morgan fingerprint density at radius 3 is 2.28 bits per heavy atom. The fourth-order valence-corrected chi connectivity index (χ4v) is 5.34. The monoisotopic (exact) mass is 596 g/mol. The smallest absolute Gasteiger partial charge is 0.243 e. The summed E-state index contributed by atoms with van der Waals surface area (Å²) in [5.74, 6) is -1.51. The zero-order chi connectivity index (χ0) is 31.2. The summed E-state index contributed by atoms with van der Waals surface area (Å²) >= 11 is 0. The first kappa shape index (κ1) is 33.6. The van der Waals surface area contributed by atoms with Crippen LogP contribution in [0.1, 0.15) is 63.6 Å². The molecule has 0 aliphatic heterocycles. The Bertz CT molecular complexity index is 1200. The molecule has 43 heavy (non-hydrogen) atoms. The molecule has 1 aliphatic carbocycles. The first-order valence-corrected chi connectivity index (χ1v) is 15.0. The minimum absolute atomic E-state index is 0.0707. The largest absolute Gasteiger partial charge is 0.390 e. The van der Waals surface area contributed by atoms with E-state index in [4.69, 9.17) is 5.53 Å². The number of hydrogen-bond donors (Lipinski definition) is 6. The number of H-pyrrole nitrogens is 1. The average Bonchev–Trinajstić information content (AvgIpc) is 3.52. The number of imidazole rings is 1. The quantitative estimate of drug-likeness (QED) is 0.0973. The molecule has 0 spiro atoms. The molecular formula is C30H44N8O5. The van der Waals surface area contributed by atoms with E-state index in [9.17, 15) is 24.6 Å². The fraction of sp³-hybridized carbons (Fsp3) is 0.600. The predicted octanol–water partition coefficient (Wildman–Crippen LogP) is 2.31. The van der Waals surface area contributed by atoms with Gasteiger partial charge in [0, 0.05) is 35.6 Å². The number of aromatic amines is 1. The molecule has 5 atom stereocenters. The van der Waals surface area contributed by atoms with Crippen LogP contribution < -0.4 is 16.0 Å². The van der Waals surface area contributed by atoms with Crippen molar-refractivity contribution in [2.45, 2.75) is 95.5 Å². The molecule has 0 saturated heterocycles. The second-order valence-corrected chi connectivity index (χ2v) is 11.6. The van der Waals surface area contributed by atoms with Crippen molar-refractivity contribution >= 4 is 17.7 Å². The third-order valence-corrected chi connectivity index (χ3v) is 7.83. The molecule has 0 radical (unpaired) electrons. The van der Waals surface area contributed by atoms with Gasteiger partial charge in [-0.3, -0.25) is 14.4 Å². The van der Waals surface area contributed by atoms with Gasteiger partial charge in [0.05, 0.1) is 25.0 Å². The van der Waals surface area contributed by atoms with Gasteiger partial charge in [0.1, 0.15) is 18.2 Å². The molecule has 6 N–H and O–H groups in total. The first-order valence-electron chi connectivity index (χ1n) is 15.0. The van der Waals surface area contributed by atoms with Crippen LogP contribution in [0, 0.1) is 11.8 Å². The number of aliphatic hydroxyl groups excluding tert-OH is 2. The molecule has 13 nitrogen and oxygen atoms in total. The number of hydrogen-bond acceptors (Lipinski definition) is 7. The molecule has 2 aromatic rings. The lowest BCUT2D eigenvalue weighted by Gasteiger charge is -2.33. The number of nitrogens with zero attached hydrogens (tertiary/aromatic N) is 4. The lowest BCUT2D eigenvalue weighted by Crippen LogP contribution is -2.58. The van der Waals surface area contributed by atoms with Crippen LogP contribution >= 0.6 is 0 Å². The summed E-state index contributed by atoms with van der Waals surface area (Å²) in [6.45, 7) is 3.12. The van der Waals surface area contributed by atoms with Crippen LogP contribution in [0.15, 0.2) is 48.0 Å². The topological polar surface area (TPSA) is 205 Å². The Labute approximate surface area is 251 Å². The highest BCUT2D eigenvalue weighted by Gasteiger charge is 2.34. The van der Waals surface area contributed by atoms with Crippen molar-refractivity contribution in [2.24, 2.45) is 17.0 Å². The van der Waals surface area contributed by atoms with Gasteiger partial charge in [-0.05, 0) is 23.4 Å². The Balaban J connectivity index is 1.83. The van der Waals surface area contributed by atoms with Gasteiger partial charge in [-0.15, -0.1) is 0 Å². The fourth-order valence-electron chi connectivity index (χ4n) is 5.34. The summed E-state index contributed by atoms with van der Waals surface area (Å²) in [6, 6.07) is 6.39. The molecule has 3 rings (SSSR count). The Morgan fingerprint density at radius 1 is 1.00 bits per heavy atom. The van der Waals surface area contributed by atoms with E-state index in [1.807, 2.05) is 30.3 Å². The van der Waals surface area contributed by atoms with E-state index < -0.39 is 42.1 Å². The summed E-state index contributed by atoms with van der Waals surface area (Å²) in [7, 11) is 0. The average molecular weight is 597 g/mol. The minimum Gasteiger partial charge on any atom is -0.390 e. The van der Waals surface area contributed by atoms with Crippen molar-refractivity contribution in [1.29, 1.82) is 0 Å². The summed E-state index contributed by atoms with van der Waals surface area (Å²) < 4.78 is 0. The van der Waals surface area contributed by atoms with E-state index >= 15 is 0 Å². The van der Waals surface area contributed by atoms with Crippen molar-refractivity contribution in [3.63, 3.8) is 0 Å². The van der Waals surface area contributed by atoms with E-state index in [-0.39, 0.29) is 37.1 Å². The number of aromatic nitrogens is 2. The van der Waals surface area contributed by atoms with E-state index in [1.165, 1.54) is 6.33 Å². The molecule has 3 unspecified atom stereocenters. The van der Waals surface area contributed by atoms with Crippen molar-refractivity contribution in [3.8, 4) is 0 Å². The van der Waals surface area contributed by atoms with Gasteiger partial charge in [0.25, 0.3) is 0 Å². The van der Waals surface area contributed by atoms with Crippen molar-refractivity contribution in [2.75, 3.05) is 6.54 Å². The molecule has 1 heterocycles. The van der Waals surface area contributed by atoms with Gasteiger partial charge in [0.2, 0.25) is 17.7 Å². The summed E-state index contributed by atoms with van der Waals surface area (Å²) in [4.78, 5) is 49.7. The van der Waals surface area contributed by atoms with Crippen molar-refractivity contribution < 1.29 is 24.6 Å². The minimum atomic E-state index is -1.39. The maximum atomic E-state index is 13.8. The Hall–Kier alpha value is -3.93. The molecule has 1 aliphatic rings. The molecule has 0 bridgehead atoms. The lowest BCUT2D eigenvalue weighted by molar-refractivity contribution is -0.133. The van der Waals surface area contributed by atoms with Gasteiger partial charge in [-0.1, -0.05) is 81.4 Å². The third kappa shape index (κ3) is 11.0. The SMILES string of the molecule is CC(C)C(=O)N[C@@H](Cc1ccccc1)C(=O)N[C@@H](Cc1cnc[nH]1)C(=O)NC(CC1CCCCC1)C(O)C(O)CN=[N+]=[N-]. The zero-order valence-corrected chi connectivity index (χ0v) is 24.9. The number of benzene rings is 1. The number of nitrogens with one attached hydrogen (secondary N) is 4. The molecule has 1 saturated carbocycles. The van der Waals surface area contributed by atoms with Gasteiger partial charge in [-0.25, -0.2) is 4.98 Å². The highest BCUT2D eigenvalue weighted by molar-refractivity contribution is 5.92. The predicted molar refractivity (Wildman–Crippen MR) is 160 cm³/mol. The number of carbonyl (C=O) groups excluding carboxylic acids is 3. The summed E-state index contributed by atoms with van der Waals surface area (Å²) in [5.41, 5.74) is 10.1. The number of azide groups is 1. The zero-order valence-electron chi connectivity index (χ0n) is 24.9. The second-order valence-electron chi connectivity index (χ2n) is 11.6. The molecule has 1 fully saturated rings. The highest BCUT2D eigenvalue weighted by atomic mass is 16.3. The van der Waals surface area contributed by atoms with E-state index in [2.05, 4.69) is 35.9 Å². The number of carbonyl (C=O) groups is 3. The molecule has 3 amide bonds. The molecular weight excluding hydrogens is 552 g/mol. The molecule has 13 heteroatoms. The summed E-state index contributed by atoms with van der Waals surface area (Å²) in [5, 5.41) is 33.4. The number of amides is 3. The van der Waals surface area contributed by atoms with E-state index in [0.717, 1.165) is 37.7 Å². The number of aliphatic hydroxyl groups is 2. The molecule has 1 aromatic carbocycles. The van der Waals surface area contributed by atoms with Gasteiger partial charge in [0.15, 0.2) is 0 Å². The second kappa shape index (κ2) is 17.3. The Morgan fingerprint density at radius 2 is 1.65 bits per heavy atom. The normalized spacial score (nSPS) is 17.1. The van der Waals surface area contributed by atoms with Crippen LogP contribution in [-0.2, 0) is 27.2 Å². The Kier molecular flexibility index (Phi) is 13.5. The molecule has 234 valence electrons. The first-order chi connectivity index (χ1) is 20.7. The summed E-state index contributed by atoms with van der Waals surface area (Å²) in [6.07, 6.45) is 6.06. The highest BCUT2D eigenvalue weighted by Crippen LogP contribution is 2.28. The maximum Gasteiger partial charge on any atom is 0.243 e. The van der Waals surface area contributed by atoms with Crippen molar-refractivity contribution in [1.82, 2.24) is 25.9 Å². The standard InChI is InChI=1S/C30H44N8O5/c1-19(2)28(41)36-24(14-21-11-7-4-8-12-21)29(42)37-25(15-22-16-32-18-33-22)30(43)35-23(13-20-9-5-3-6-10-20)27(40)26(39)17-34-38-31/h4,7-8,11-12,16,18-20,23-27,39-40H,3,5-6,9-10,13-15,17H2,1-2H3,(H,32,33)(H,35,43)(H,36,41)(H,37,42)/t23?,24-,25-,26?,27?/m0/s1. The maximum absolute atomic E-state index is 13.8.